The fourth-order valence-electron chi connectivity index (χ4n) is 2.03. The number of rotatable bonds is 4. The molecule has 2 aromatic heterocycles. The summed E-state index contributed by atoms with van der Waals surface area (Å²) in [7, 11) is 0. The van der Waals surface area contributed by atoms with Crippen molar-refractivity contribution in [2.24, 2.45) is 0 Å². The first-order chi connectivity index (χ1) is 10.7. The van der Waals surface area contributed by atoms with Gasteiger partial charge in [0.25, 0.3) is 5.91 Å². The Kier molecular flexibility index (Phi) is 4.51. The highest BCUT2D eigenvalue weighted by Gasteiger charge is 2.11. The minimum Gasteiger partial charge on any atom is -0.346 e. The molecule has 0 atom stereocenters. The monoisotopic (exact) mass is 328 g/mol. The van der Waals surface area contributed by atoms with Crippen molar-refractivity contribution >= 4 is 28.8 Å². The Bertz CT molecular complexity index is 786. The number of benzene rings is 1. The first-order valence-corrected chi connectivity index (χ1v) is 7.96. The van der Waals surface area contributed by atoms with Gasteiger partial charge in [-0.1, -0.05) is 35.9 Å². The van der Waals surface area contributed by atoms with Gasteiger partial charge in [-0.05, 0) is 30.3 Å². The highest BCUT2D eigenvalue weighted by atomic mass is 35.5. The van der Waals surface area contributed by atoms with Crippen molar-refractivity contribution in [3.05, 3.63) is 76.4 Å². The van der Waals surface area contributed by atoms with Gasteiger partial charge in [-0.15, -0.1) is 11.3 Å². The summed E-state index contributed by atoms with van der Waals surface area (Å²) in [5, 5.41) is 3.56. The van der Waals surface area contributed by atoms with Crippen LogP contribution in [0.25, 0.3) is 10.4 Å². The Morgan fingerprint density at radius 2 is 1.91 bits per heavy atom. The van der Waals surface area contributed by atoms with Gasteiger partial charge in [0.2, 0.25) is 0 Å². The molecule has 0 unspecified atom stereocenters. The lowest BCUT2D eigenvalue weighted by atomic mass is 10.2. The molecule has 1 N–H and O–H groups in total. The summed E-state index contributed by atoms with van der Waals surface area (Å²) in [6.45, 7) is 0.416. The molecule has 0 saturated carbocycles. The number of pyridine rings is 1. The Balaban J connectivity index is 1.71. The van der Waals surface area contributed by atoms with Gasteiger partial charge >= 0.3 is 0 Å². The number of hydrogen-bond donors (Lipinski definition) is 1. The second-order valence-electron chi connectivity index (χ2n) is 4.65. The quantitative estimate of drug-likeness (QED) is 0.771. The number of nitrogens with one attached hydrogen (secondary N) is 1. The van der Waals surface area contributed by atoms with Crippen molar-refractivity contribution in [2.45, 2.75) is 6.54 Å². The third-order valence-corrected chi connectivity index (χ3v) is 4.57. The zero-order valence-corrected chi connectivity index (χ0v) is 13.2. The molecule has 22 heavy (non-hydrogen) atoms. The molecule has 5 heteroatoms. The predicted octanol–water partition coefficient (Wildman–Crippen LogP) is 4.39. The highest BCUT2D eigenvalue weighted by molar-refractivity contribution is 7.17. The Hall–Kier alpha value is -2.17. The number of halogens is 1. The molecule has 0 saturated heterocycles. The van der Waals surface area contributed by atoms with E-state index in [1.54, 1.807) is 6.20 Å². The molecule has 0 bridgehead atoms. The topological polar surface area (TPSA) is 42.0 Å². The van der Waals surface area contributed by atoms with Gasteiger partial charge in [-0.3, -0.25) is 9.78 Å². The standard InChI is InChI=1S/C17H13ClN2OS/c18-14-7-2-1-6-13(14)15-8-9-16(22-15)17(21)20-11-12-5-3-4-10-19-12/h1-10H,11H2,(H,20,21). The molecule has 3 nitrogen and oxygen atoms in total. The van der Waals surface area contributed by atoms with Gasteiger partial charge in [-0.25, -0.2) is 0 Å². The van der Waals surface area contributed by atoms with E-state index in [2.05, 4.69) is 10.3 Å². The van der Waals surface area contributed by atoms with E-state index in [1.807, 2.05) is 54.6 Å². The SMILES string of the molecule is O=C(NCc1ccccn1)c1ccc(-c2ccccc2Cl)s1. The van der Waals surface area contributed by atoms with Crippen molar-refractivity contribution in [3.63, 3.8) is 0 Å². The molecular weight excluding hydrogens is 316 g/mol. The van der Waals surface area contributed by atoms with E-state index in [1.165, 1.54) is 11.3 Å². The largest absolute Gasteiger partial charge is 0.346 e. The van der Waals surface area contributed by atoms with Crippen LogP contribution < -0.4 is 5.32 Å². The lowest BCUT2D eigenvalue weighted by Gasteiger charge is -2.03. The Labute approximate surface area is 137 Å². The maximum atomic E-state index is 12.2. The van der Waals surface area contributed by atoms with Crippen LogP contribution in [0.1, 0.15) is 15.4 Å². The number of carbonyl (C=O) groups is 1. The van der Waals surface area contributed by atoms with Gasteiger partial charge in [0, 0.05) is 21.7 Å². The van der Waals surface area contributed by atoms with Crippen molar-refractivity contribution < 1.29 is 4.79 Å². The molecule has 0 fully saturated rings. The number of thiophene rings is 1. The maximum Gasteiger partial charge on any atom is 0.261 e. The molecular formula is C17H13ClN2OS. The molecule has 1 amide bonds. The molecule has 110 valence electrons. The number of aromatic nitrogens is 1. The van der Waals surface area contributed by atoms with Gasteiger partial charge in [0.1, 0.15) is 0 Å². The lowest BCUT2D eigenvalue weighted by Crippen LogP contribution is -2.22. The molecule has 1 aromatic carbocycles. The minimum atomic E-state index is -0.103. The van der Waals surface area contributed by atoms with E-state index < -0.39 is 0 Å². The molecule has 3 aromatic rings. The van der Waals surface area contributed by atoms with E-state index in [0.29, 0.717) is 16.4 Å². The third kappa shape index (κ3) is 3.35. The van der Waals surface area contributed by atoms with Gasteiger partial charge in [-0.2, -0.15) is 0 Å². The van der Waals surface area contributed by atoms with Crippen molar-refractivity contribution in [3.8, 4) is 10.4 Å². The second kappa shape index (κ2) is 6.73. The molecule has 2 heterocycles. The van der Waals surface area contributed by atoms with Gasteiger partial charge in [0.15, 0.2) is 0 Å². The molecule has 0 radical (unpaired) electrons. The summed E-state index contributed by atoms with van der Waals surface area (Å²) in [6.07, 6.45) is 1.71. The minimum absolute atomic E-state index is 0.103. The number of nitrogens with zero attached hydrogens (tertiary/aromatic N) is 1. The van der Waals surface area contributed by atoms with E-state index >= 15 is 0 Å². The number of carbonyl (C=O) groups excluding carboxylic acids is 1. The zero-order valence-electron chi connectivity index (χ0n) is 11.6. The van der Waals surface area contributed by atoms with Crippen LogP contribution in [0, 0.1) is 0 Å². The van der Waals surface area contributed by atoms with Gasteiger partial charge in [0.05, 0.1) is 17.1 Å². The number of hydrogen-bond acceptors (Lipinski definition) is 3. The first kappa shape index (κ1) is 14.8. The lowest BCUT2D eigenvalue weighted by molar-refractivity contribution is 0.0954. The van der Waals surface area contributed by atoms with E-state index in [0.717, 1.165) is 16.1 Å². The van der Waals surface area contributed by atoms with Crippen LogP contribution in [0.2, 0.25) is 5.02 Å². The summed E-state index contributed by atoms with van der Waals surface area (Å²) >= 11 is 7.61. The highest BCUT2D eigenvalue weighted by Crippen LogP contribution is 2.33. The van der Waals surface area contributed by atoms with Crippen molar-refractivity contribution in [1.82, 2.24) is 10.3 Å². The molecule has 0 aliphatic rings. The molecule has 0 spiro atoms. The van der Waals surface area contributed by atoms with E-state index in [9.17, 15) is 4.79 Å². The second-order valence-corrected chi connectivity index (χ2v) is 6.14. The summed E-state index contributed by atoms with van der Waals surface area (Å²) in [5.41, 5.74) is 1.77. The smallest absolute Gasteiger partial charge is 0.261 e. The summed E-state index contributed by atoms with van der Waals surface area (Å²) in [5.74, 6) is -0.103. The zero-order chi connectivity index (χ0) is 15.4. The third-order valence-electron chi connectivity index (χ3n) is 3.13. The van der Waals surface area contributed by atoms with Crippen LogP contribution in [0.4, 0.5) is 0 Å². The summed E-state index contributed by atoms with van der Waals surface area (Å²) < 4.78 is 0. The average Bonchev–Trinajstić information content (AvgIpc) is 3.04. The van der Waals surface area contributed by atoms with Crippen LogP contribution in [0.3, 0.4) is 0 Å². The van der Waals surface area contributed by atoms with Crippen LogP contribution >= 0.6 is 22.9 Å². The number of amides is 1. The fraction of sp³-hybridized carbons (Fsp3) is 0.0588. The normalized spacial score (nSPS) is 10.4. The first-order valence-electron chi connectivity index (χ1n) is 6.77. The average molecular weight is 329 g/mol. The predicted molar refractivity (Wildman–Crippen MR) is 90.2 cm³/mol. The molecule has 0 aliphatic carbocycles. The molecule has 0 aliphatic heterocycles. The van der Waals surface area contributed by atoms with Crippen LogP contribution in [0.5, 0.6) is 0 Å². The van der Waals surface area contributed by atoms with Gasteiger partial charge < -0.3 is 5.32 Å². The van der Waals surface area contributed by atoms with E-state index in [-0.39, 0.29) is 5.91 Å². The summed E-state index contributed by atoms with van der Waals surface area (Å²) in [6, 6.07) is 17.0. The van der Waals surface area contributed by atoms with E-state index in [4.69, 9.17) is 11.6 Å². The molecule has 3 rings (SSSR count). The van der Waals surface area contributed by atoms with Crippen molar-refractivity contribution in [1.29, 1.82) is 0 Å². The Morgan fingerprint density at radius 1 is 1.09 bits per heavy atom. The van der Waals surface area contributed by atoms with Crippen molar-refractivity contribution in [2.75, 3.05) is 0 Å². The summed E-state index contributed by atoms with van der Waals surface area (Å²) in [4.78, 5) is 18.0. The fourth-order valence-corrected chi connectivity index (χ4v) is 3.28. The van der Waals surface area contributed by atoms with Crippen LogP contribution in [0.15, 0.2) is 60.8 Å². The maximum absolute atomic E-state index is 12.2. The van der Waals surface area contributed by atoms with Crippen LogP contribution in [-0.4, -0.2) is 10.9 Å². The van der Waals surface area contributed by atoms with Crippen LogP contribution in [-0.2, 0) is 6.54 Å². The Morgan fingerprint density at radius 3 is 2.68 bits per heavy atom.